The molecule has 6 nitrogen and oxygen atoms in total. The van der Waals surface area contributed by atoms with Crippen LogP contribution in [0.25, 0.3) is 0 Å². The van der Waals surface area contributed by atoms with Gasteiger partial charge in [-0.05, 0) is 37.1 Å². The first-order valence-corrected chi connectivity index (χ1v) is 7.28. The van der Waals surface area contributed by atoms with E-state index in [9.17, 15) is 9.59 Å². The van der Waals surface area contributed by atoms with Crippen molar-refractivity contribution in [3.63, 3.8) is 0 Å². The third kappa shape index (κ3) is 3.16. The van der Waals surface area contributed by atoms with E-state index < -0.39 is 0 Å². The van der Waals surface area contributed by atoms with Gasteiger partial charge in [-0.2, -0.15) is 0 Å². The number of carbonyl (C=O) groups is 2. The number of rotatable bonds is 3. The summed E-state index contributed by atoms with van der Waals surface area (Å²) in [5.41, 5.74) is 0.646. The molecule has 1 saturated heterocycles. The van der Waals surface area contributed by atoms with Gasteiger partial charge in [-0.15, -0.1) is 0 Å². The molecule has 0 spiro atoms. The minimum Gasteiger partial charge on any atom is -0.459 e. The summed E-state index contributed by atoms with van der Waals surface area (Å²) in [7, 11) is 0. The number of nitrogens with zero attached hydrogens (tertiary/aromatic N) is 2. The van der Waals surface area contributed by atoms with Crippen LogP contribution in [0, 0.1) is 0 Å². The van der Waals surface area contributed by atoms with E-state index in [1.165, 1.54) is 6.26 Å². The van der Waals surface area contributed by atoms with Crippen LogP contribution < -0.4 is 5.32 Å². The molecular weight excluding hydrogens is 282 g/mol. The standard InChI is InChI=1S/C16H17N3O3/c20-15(14-2-1-11-22-14)18-13-5-9-19(10-6-13)16(21)12-3-7-17-8-4-12/h1-4,7-8,11,13H,5-6,9-10H2,(H,18,20). The van der Waals surface area contributed by atoms with E-state index in [0.717, 1.165) is 12.8 Å². The van der Waals surface area contributed by atoms with Gasteiger partial charge in [-0.25, -0.2) is 0 Å². The fourth-order valence-electron chi connectivity index (χ4n) is 2.57. The number of hydrogen-bond acceptors (Lipinski definition) is 4. The second-order valence-corrected chi connectivity index (χ2v) is 5.25. The summed E-state index contributed by atoms with van der Waals surface area (Å²) in [6, 6.07) is 6.82. The molecule has 3 heterocycles. The fraction of sp³-hybridized carbons (Fsp3) is 0.312. The van der Waals surface area contributed by atoms with E-state index in [2.05, 4.69) is 10.3 Å². The van der Waals surface area contributed by atoms with Crippen LogP contribution in [-0.2, 0) is 0 Å². The van der Waals surface area contributed by atoms with E-state index >= 15 is 0 Å². The third-order valence-electron chi connectivity index (χ3n) is 3.79. The highest BCUT2D eigenvalue weighted by Gasteiger charge is 2.25. The molecule has 6 heteroatoms. The van der Waals surface area contributed by atoms with Crippen molar-refractivity contribution in [3.05, 3.63) is 54.2 Å². The molecule has 1 aliphatic rings. The summed E-state index contributed by atoms with van der Waals surface area (Å²) in [4.78, 5) is 30.0. The molecule has 0 saturated carbocycles. The molecule has 1 fully saturated rings. The minimum absolute atomic E-state index is 0.0122. The highest BCUT2D eigenvalue weighted by molar-refractivity contribution is 5.94. The Labute approximate surface area is 128 Å². The molecule has 0 unspecified atom stereocenters. The highest BCUT2D eigenvalue weighted by Crippen LogP contribution is 2.14. The summed E-state index contributed by atoms with van der Waals surface area (Å²) in [5, 5.41) is 2.94. The number of aromatic nitrogens is 1. The number of nitrogens with one attached hydrogen (secondary N) is 1. The number of piperidine rings is 1. The van der Waals surface area contributed by atoms with Crippen molar-refractivity contribution in [2.75, 3.05) is 13.1 Å². The zero-order valence-corrected chi connectivity index (χ0v) is 12.1. The fourth-order valence-corrected chi connectivity index (χ4v) is 2.57. The number of hydrogen-bond donors (Lipinski definition) is 1. The Hall–Kier alpha value is -2.63. The summed E-state index contributed by atoms with van der Waals surface area (Å²) >= 11 is 0. The summed E-state index contributed by atoms with van der Waals surface area (Å²) in [6.45, 7) is 1.26. The van der Waals surface area contributed by atoms with Crippen molar-refractivity contribution in [1.82, 2.24) is 15.2 Å². The lowest BCUT2D eigenvalue weighted by Crippen LogP contribution is -2.46. The van der Waals surface area contributed by atoms with Gasteiger partial charge in [0.1, 0.15) is 0 Å². The minimum atomic E-state index is -0.205. The van der Waals surface area contributed by atoms with E-state index in [0.29, 0.717) is 24.4 Å². The van der Waals surface area contributed by atoms with Crippen LogP contribution in [0.3, 0.4) is 0 Å². The molecule has 0 radical (unpaired) electrons. The van der Waals surface area contributed by atoms with Crippen molar-refractivity contribution in [3.8, 4) is 0 Å². The topological polar surface area (TPSA) is 75.4 Å². The predicted molar refractivity (Wildman–Crippen MR) is 79.3 cm³/mol. The molecule has 0 atom stereocenters. The summed E-state index contributed by atoms with van der Waals surface area (Å²) < 4.78 is 5.07. The Balaban J connectivity index is 1.52. The smallest absolute Gasteiger partial charge is 0.287 e. The average Bonchev–Trinajstić information content (AvgIpc) is 3.10. The Morgan fingerprint density at radius 3 is 2.55 bits per heavy atom. The van der Waals surface area contributed by atoms with Crippen LogP contribution in [0.1, 0.15) is 33.8 Å². The van der Waals surface area contributed by atoms with E-state index in [1.54, 1.807) is 36.7 Å². The molecular formula is C16H17N3O3. The first kappa shape index (κ1) is 14.3. The van der Waals surface area contributed by atoms with Crippen LogP contribution in [0.2, 0.25) is 0 Å². The Morgan fingerprint density at radius 2 is 1.91 bits per heavy atom. The van der Waals surface area contributed by atoms with Crippen LogP contribution in [0.15, 0.2) is 47.3 Å². The van der Waals surface area contributed by atoms with Crippen LogP contribution >= 0.6 is 0 Å². The zero-order chi connectivity index (χ0) is 15.4. The van der Waals surface area contributed by atoms with Gasteiger partial charge >= 0.3 is 0 Å². The Morgan fingerprint density at radius 1 is 1.18 bits per heavy atom. The lowest BCUT2D eigenvalue weighted by Gasteiger charge is -2.32. The molecule has 2 aromatic rings. The van der Waals surface area contributed by atoms with Gasteiger partial charge in [-0.3, -0.25) is 14.6 Å². The predicted octanol–water partition coefficient (Wildman–Crippen LogP) is 1.71. The van der Waals surface area contributed by atoms with Crippen LogP contribution in [0.4, 0.5) is 0 Å². The molecule has 0 aromatic carbocycles. The molecule has 0 bridgehead atoms. The maximum absolute atomic E-state index is 12.3. The summed E-state index contributed by atoms with van der Waals surface area (Å²) in [5.74, 6) is 0.123. The molecule has 2 aromatic heterocycles. The Bertz CT molecular complexity index is 632. The molecule has 0 aliphatic carbocycles. The number of amides is 2. The monoisotopic (exact) mass is 299 g/mol. The number of furan rings is 1. The van der Waals surface area contributed by atoms with E-state index in [-0.39, 0.29) is 17.9 Å². The second-order valence-electron chi connectivity index (χ2n) is 5.25. The van der Waals surface area contributed by atoms with E-state index in [1.807, 2.05) is 4.90 Å². The van der Waals surface area contributed by atoms with Crippen molar-refractivity contribution >= 4 is 11.8 Å². The Kier molecular flexibility index (Phi) is 4.18. The molecule has 22 heavy (non-hydrogen) atoms. The van der Waals surface area contributed by atoms with E-state index in [4.69, 9.17) is 4.42 Å². The second kappa shape index (κ2) is 6.43. The lowest BCUT2D eigenvalue weighted by molar-refractivity contribution is 0.0695. The first-order valence-electron chi connectivity index (χ1n) is 7.28. The zero-order valence-electron chi connectivity index (χ0n) is 12.1. The van der Waals surface area contributed by atoms with Gasteiger partial charge in [-0.1, -0.05) is 0 Å². The quantitative estimate of drug-likeness (QED) is 0.936. The maximum Gasteiger partial charge on any atom is 0.287 e. The number of likely N-dealkylation sites (tertiary alicyclic amines) is 1. The molecule has 1 aliphatic heterocycles. The van der Waals surface area contributed by atoms with Gasteiger partial charge in [0.05, 0.1) is 6.26 Å². The van der Waals surface area contributed by atoms with Crippen molar-refractivity contribution < 1.29 is 14.0 Å². The number of pyridine rings is 1. The average molecular weight is 299 g/mol. The lowest BCUT2D eigenvalue weighted by atomic mass is 10.0. The molecule has 114 valence electrons. The van der Waals surface area contributed by atoms with Crippen molar-refractivity contribution in [1.29, 1.82) is 0 Å². The first-order chi connectivity index (χ1) is 10.7. The van der Waals surface area contributed by atoms with Gasteiger partial charge in [0.25, 0.3) is 11.8 Å². The molecule has 1 N–H and O–H groups in total. The molecule has 3 rings (SSSR count). The number of carbonyl (C=O) groups excluding carboxylic acids is 2. The highest BCUT2D eigenvalue weighted by atomic mass is 16.3. The largest absolute Gasteiger partial charge is 0.459 e. The normalized spacial score (nSPS) is 15.5. The third-order valence-corrected chi connectivity index (χ3v) is 3.79. The van der Waals surface area contributed by atoms with Crippen molar-refractivity contribution in [2.45, 2.75) is 18.9 Å². The van der Waals surface area contributed by atoms with Crippen LogP contribution in [0.5, 0.6) is 0 Å². The SMILES string of the molecule is O=C(NC1CCN(C(=O)c2ccncc2)CC1)c1ccco1. The molecule has 2 amide bonds. The maximum atomic E-state index is 12.3. The van der Waals surface area contributed by atoms with Crippen LogP contribution in [-0.4, -0.2) is 40.8 Å². The van der Waals surface area contributed by atoms with Gasteiger partial charge in [0.2, 0.25) is 0 Å². The summed E-state index contributed by atoms with van der Waals surface area (Å²) in [6.07, 6.45) is 6.19. The van der Waals surface area contributed by atoms with Gasteiger partial charge in [0.15, 0.2) is 5.76 Å². The van der Waals surface area contributed by atoms with Crippen molar-refractivity contribution in [2.24, 2.45) is 0 Å². The van der Waals surface area contributed by atoms with Gasteiger partial charge < -0.3 is 14.6 Å². The van der Waals surface area contributed by atoms with Gasteiger partial charge in [0, 0.05) is 37.1 Å².